The average molecular weight is 253 g/mol. The number of anilines is 1. The van der Waals surface area contributed by atoms with E-state index in [-0.39, 0.29) is 12.6 Å². The minimum absolute atomic E-state index is 0.228. The average Bonchev–Trinajstić information content (AvgIpc) is 2.36. The smallest absolute Gasteiger partial charge is 0.338 e. The lowest BCUT2D eigenvalue weighted by atomic mass is 10.1. The first-order valence-electron chi connectivity index (χ1n) is 5.75. The Morgan fingerprint density at radius 2 is 1.94 bits per heavy atom. The van der Waals surface area contributed by atoms with Crippen LogP contribution >= 0.6 is 0 Å². The third-order valence-corrected chi connectivity index (χ3v) is 2.40. The van der Waals surface area contributed by atoms with E-state index >= 15 is 0 Å². The van der Waals surface area contributed by atoms with Crippen LogP contribution in [0.2, 0.25) is 0 Å². The van der Waals surface area contributed by atoms with E-state index in [9.17, 15) is 4.79 Å². The summed E-state index contributed by atoms with van der Waals surface area (Å²) >= 11 is 0. The number of hydrogen-bond donors (Lipinski definition) is 1. The van der Waals surface area contributed by atoms with Crippen LogP contribution in [0.1, 0.15) is 15.9 Å². The largest absolute Gasteiger partial charge is 0.460 e. The number of carbonyl (C=O) groups is 1. The highest BCUT2D eigenvalue weighted by Gasteiger charge is 2.07. The van der Waals surface area contributed by atoms with Gasteiger partial charge in [-0.1, -0.05) is 0 Å². The van der Waals surface area contributed by atoms with Crippen LogP contribution in [0.3, 0.4) is 0 Å². The van der Waals surface area contributed by atoms with Gasteiger partial charge in [-0.3, -0.25) is 0 Å². The predicted molar refractivity (Wildman–Crippen MR) is 68.6 cm³/mol. The van der Waals surface area contributed by atoms with E-state index in [2.05, 4.69) is 0 Å². The Hall–Kier alpha value is -1.59. The van der Waals surface area contributed by atoms with Gasteiger partial charge in [-0.15, -0.1) is 0 Å². The molecule has 0 spiro atoms. The number of aryl methyl sites for hydroxylation is 1. The van der Waals surface area contributed by atoms with Gasteiger partial charge in [0.15, 0.2) is 0 Å². The van der Waals surface area contributed by atoms with E-state index in [0.717, 1.165) is 5.56 Å². The maximum atomic E-state index is 11.7. The fourth-order valence-electron chi connectivity index (χ4n) is 1.32. The summed E-state index contributed by atoms with van der Waals surface area (Å²) in [4.78, 5) is 11.7. The molecule has 5 nitrogen and oxygen atoms in total. The molecule has 0 amide bonds. The minimum Gasteiger partial charge on any atom is -0.460 e. The van der Waals surface area contributed by atoms with Gasteiger partial charge in [-0.25, -0.2) is 4.79 Å². The number of nitrogens with two attached hydrogens (primary N) is 1. The molecule has 0 saturated heterocycles. The summed E-state index contributed by atoms with van der Waals surface area (Å²) < 4.78 is 15.1. The van der Waals surface area contributed by atoms with Gasteiger partial charge in [-0.05, 0) is 30.7 Å². The van der Waals surface area contributed by atoms with E-state index in [1.807, 2.05) is 6.92 Å². The quantitative estimate of drug-likeness (QED) is 0.452. The fraction of sp³-hybridized carbons (Fsp3) is 0.462. The number of benzene rings is 1. The molecule has 1 rings (SSSR count). The first kappa shape index (κ1) is 14.5. The number of esters is 1. The molecule has 0 aliphatic heterocycles. The third-order valence-electron chi connectivity index (χ3n) is 2.40. The van der Waals surface area contributed by atoms with Gasteiger partial charge in [0.25, 0.3) is 0 Å². The van der Waals surface area contributed by atoms with Crippen LogP contribution < -0.4 is 5.73 Å². The van der Waals surface area contributed by atoms with E-state index in [1.165, 1.54) is 0 Å². The number of nitrogen functional groups attached to an aromatic ring is 1. The van der Waals surface area contributed by atoms with Gasteiger partial charge >= 0.3 is 5.97 Å². The van der Waals surface area contributed by atoms with Crippen molar-refractivity contribution in [2.45, 2.75) is 6.92 Å². The Labute approximate surface area is 107 Å². The monoisotopic (exact) mass is 253 g/mol. The molecule has 2 N–H and O–H groups in total. The van der Waals surface area contributed by atoms with E-state index < -0.39 is 0 Å². The van der Waals surface area contributed by atoms with Gasteiger partial charge in [-0.2, -0.15) is 0 Å². The molecule has 0 aliphatic rings. The van der Waals surface area contributed by atoms with Crippen LogP contribution in [0.4, 0.5) is 5.69 Å². The van der Waals surface area contributed by atoms with Gasteiger partial charge in [0.05, 0.1) is 25.4 Å². The molecule has 0 radical (unpaired) electrons. The predicted octanol–water partition coefficient (Wildman–Crippen LogP) is 1.40. The van der Waals surface area contributed by atoms with Crippen molar-refractivity contribution in [2.24, 2.45) is 0 Å². The van der Waals surface area contributed by atoms with Crippen molar-refractivity contribution in [3.63, 3.8) is 0 Å². The maximum Gasteiger partial charge on any atom is 0.338 e. The summed E-state index contributed by atoms with van der Waals surface area (Å²) in [7, 11) is 1.60. The van der Waals surface area contributed by atoms with Crippen molar-refractivity contribution in [3.8, 4) is 0 Å². The number of methoxy groups -OCH3 is 1. The Balaban J connectivity index is 2.30. The fourth-order valence-corrected chi connectivity index (χ4v) is 1.32. The molecule has 0 unspecified atom stereocenters. The Kier molecular flexibility index (Phi) is 6.18. The van der Waals surface area contributed by atoms with Crippen molar-refractivity contribution in [1.82, 2.24) is 0 Å². The molecule has 0 atom stereocenters. The summed E-state index contributed by atoms with van der Waals surface area (Å²) in [6.07, 6.45) is 0. The summed E-state index contributed by atoms with van der Waals surface area (Å²) in [5.41, 5.74) is 7.70. The van der Waals surface area contributed by atoms with Crippen LogP contribution in [0.15, 0.2) is 18.2 Å². The first-order chi connectivity index (χ1) is 8.65. The molecule has 5 heteroatoms. The lowest BCUT2D eigenvalue weighted by Crippen LogP contribution is -2.12. The zero-order valence-corrected chi connectivity index (χ0v) is 10.8. The summed E-state index contributed by atoms with van der Waals surface area (Å²) in [5, 5.41) is 0. The first-order valence-corrected chi connectivity index (χ1v) is 5.75. The minimum atomic E-state index is -0.367. The van der Waals surface area contributed by atoms with Crippen LogP contribution in [-0.4, -0.2) is 39.5 Å². The van der Waals surface area contributed by atoms with Gasteiger partial charge in [0.2, 0.25) is 0 Å². The van der Waals surface area contributed by atoms with Gasteiger partial charge in [0, 0.05) is 12.8 Å². The number of hydrogen-bond acceptors (Lipinski definition) is 5. The standard InChI is InChI=1S/C13H19NO4/c1-10-9-11(3-4-12(10)14)13(15)18-8-7-17-6-5-16-2/h3-4,9H,5-8,14H2,1-2H3. The highest BCUT2D eigenvalue weighted by atomic mass is 16.6. The van der Waals surface area contributed by atoms with Crippen molar-refractivity contribution >= 4 is 11.7 Å². The molecular formula is C13H19NO4. The molecule has 0 heterocycles. The van der Waals surface area contributed by atoms with Crippen LogP contribution in [0.5, 0.6) is 0 Å². The lowest BCUT2D eigenvalue weighted by molar-refractivity contribution is 0.0213. The van der Waals surface area contributed by atoms with Gasteiger partial charge in [0.1, 0.15) is 6.61 Å². The SMILES string of the molecule is COCCOCCOC(=O)c1ccc(N)c(C)c1. The zero-order chi connectivity index (χ0) is 13.4. The molecule has 0 saturated carbocycles. The van der Waals surface area contributed by atoms with Crippen molar-refractivity contribution < 1.29 is 19.0 Å². The highest BCUT2D eigenvalue weighted by molar-refractivity contribution is 5.90. The molecule has 0 aliphatic carbocycles. The molecule has 100 valence electrons. The summed E-state index contributed by atoms with van der Waals surface area (Å²) in [6.45, 7) is 3.47. The molecular weight excluding hydrogens is 234 g/mol. The highest BCUT2D eigenvalue weighted by Crippen LogP contribution is 2.13. The number of rotatable bonds is 7. The molecule has 0 bridgehead atoms. The second-order valence-electron chi connectivity index (χ2n) is 3.81. The van der Waals surface area contributed by atoms with E-state index in [1.54, 1.807) is 25.3 Å². The molecule has 18 heavy (non-hydrogen) atoms. The van der Waals surface area contributed by atoms with Crippen LogP contribution in [-0.2, 0) is 14.2 Å². The normalized spacial score (nSPS) is 10.3. The van der Waals surface area contributed by atoms with Crippen LogP contribution in [0.25, 0.3) is 0 Å². The second-order valence-corrected chi connectivity index (χ2v) is 3.81. The zero-order valence-electron chi connectivity index (χ0n) is 10.8. The summed E-state index contributed by atoms with van der Waals surface area (Å²) in [6, 6.07) is 5.06. The summed E-state index contributed by atoms with van der Waals surface area (Å²) in [5.74, 6) is -0.367. The molecule has 0 fully saturated rings. The topological polar surface area (TPSA) is 70.8 Å². The maximum absolute atomic E-state index is 11.7. The van der Waals surface area contributed by atoms with E-state index in [4.69, 9.17) is 19.9 Å². The number of ether oxygens (including phenoxy) is 3. The Morgan fingerprint density at radius 1 is 1.22 bits per heavy atom. The van der Waals surface area contributed by atoms with Crippen molar-refractivity contribution in [2.75, 3.05) is 39.3 Å². The van der Waals surface area contributed by atoms with Crippen molar-refractivity contribution in [3.05, 3.63) is 29.3 Å². The Bertz CT molecular complexity index is 393. The lowest BCUT2D eigenvalue weighted by Gasteiger charge is -2.07. The second kappa shape index (κ2) is 7.68. The molecule has 1 aromatic rings. The Morgan fingerprint density at radius 3 is 2.61 bits per heavy atom. The van der Waals surface area contributed by atoms with E-state index in [0.29, 0.717) is 31.1 Å². The van der Waals surface area contributed by atoms with Crippen molar-refractivity contribution in [1.29, 1.82) is 0 Å². The molecule has 1 aromatic carbocycles. The van der Waals surface area contributed by atoms with Crippen LogP contribution in [0, 0.1) is 6.92 Å². The van der Waals surface area contributed by atoms with Gasteiger partial charge < -0.3 is 19.9 Å². The third kappa shape index (κ3) is 4.73. The molecule has 0 aromatic heterocycles. The number of carbonyl (C=O) groups excluding carboxylic acids is 1.